The van der Waals surface area contributed by atoms with E-state index in [2.05, 4.69) is 10.6 Å². The summed E-state index contributed by atoms with van der Waals surface area (Å²) in [5.74, 6) is 1.33. The number of nitrogens with one attached hydrogen (secondary N) is 2. The normalized spacial score (nSPS) is 17.7. The average molecular weight is 374 g/mol. The predicted molar refractivity (Wildman–Crippen MR) is 103 cm³/mol. The molecule has 6 heteroatoms. The molecule has 0 atom stereocenters. The Morgan fingerprint density at radius 1 is 0.963 bits per heavy atom. The highest BCUT2D eigenvalue weighted by Gasteiger charge is 2.22. The number of carbonyl (C=O) groups excluding carboxylic acids is 2. The summed E-state index contributed by atoms with van der Waals surface area (Å²) in [4.78, 5) is 24.3. The van der Waals surface area contributed by atoms with E-state index in [4.69, 9.17) is 9.47 Å². The van der Waals surface area contributed by atoms with Crippen molar-refractivity contribution in [2.45, 2.75) is 57.5 Å². The number of methoxy groups -OCH3 is 1. The number of benzene rings is 1. The van der Waals surface area contributed by atoms with Crippen LogP contribution in [0.25, 0.3) is 0 Å². The molecule has 2 aliphatic rings. The monoisotopic (exact) mass is 374 g/mol. The molecule has 2 fully saturated rings. The van der Waals surface area contributed by atoms with Gasteiger partial charge in [0.15, 0.2) is 11.5 Å². The minimum atomic E-state index is -0.184. The lowest BCUT2D eigenvalue weighted by atomic mass is 10.1. The van der Waals surface area contributed by atoms with Crippen LogP contribution in [0.1, 0.15) is 61.7 Å². The SMILES string of the molecule is COc1cc(C(=O)NCCNC(=O)C2CCCC2)ccc1OC1CCCC1. The van der Waals surface area contributed by atoms with Crippen molar-refractivity contribution < 1.29 is 19.1 Å². The van der Waals surface area contributed by atoms with E-state index in [0.717, 1.165) is 38.5 Å². The summed E-state index contributed by atoms with van der Waals surface area (Å²) in [5.41, 5.74) is 0.521. The lowest BCUT2D eigenvalue weighted by Crippen LogP contribution is -2.37. The number of amides is 2. The second-order valence-corrected chi connectivity index (χ2v) is 7.42. The van der Waals surface area contributed by atoms with Gasteiger partial charge in [-0.2, -0.15) is 0 Å². The lowest BCUT2D eigenvalue weighted by Gasteiger charge is -2.16. The van der Waals surface area contributed by atoms with E-state index in [9.17, 15) is 9.59 Å². The minimum absolute atomic E-state index is 0.108. The third-order valence-corrected chi connectivity index (χ3v) is 5.46. The topological polar surface area (TPSA) is 76.7 Å². The predicted octanol–water partition coefficient (Wildman–Crippen LogP) is 3.05. The van der Waals surface area contributed by atoms with Crippen LogP contribution in [0.15, 0.2) is 18.2 Å². The van der Waals surface area contributed by atoms with Gasteiger partial charge >= 0.3 is 0 Å². The second kappa shape index (κ2) is 9.62. The average Bonchev–Trinajstić information content (AvgIpc) is 3.39. The van der Waals surface area contributed by atoms with Gasteiger partial charge in [0.2, 0.25) is 5.91 Å². The molecule has 0 bridgehead atoms. The molecule has 0 heterocycles. The number of ether oxygens (including phenoxy) is 2. The molecule has 0 unspecified atom stereocenters. The molecule has 3 rings (SSSR count). The molecule has 0 saturated heterocycles. The van der Waals surface area contributed by atoms with Crippen molar-refractivity contribution in [2.24, 2.45) is 5.92 Å². The molecule has 2 saturated carbocycles. The third-order valence-electron chi connectivity index (χ3n) is 5.46. The van der Waals surface area contributed by atoms with E-state index >= 15 is 0 Å². The van der Waals surface area contributed by atoms with Crippen molar-refractivity contribution in [2.75, 3.05) is 20.2 Å². The van der Waals surface area contributed by atoms with Crippen LogP contribution in [0.4, 0.5) is 0 Å². The smallest absolute Gasteiger partial charge is 0.251 e. The summed E-state index contributed by atoms with van der Waals surface area (Å²) in [6.45, 7) is 0.848. The Kier molecular flexibility index (Phi) is 6.96. The highest BCUT2D eigenvalue weighted by Crippen LogP contribution is 2.32. The zero-order valence-electron chi connectivity index (χ0n) is 16.1. The lowest BCUT2D eigenvalue weighted by molar-refractivity contribution is -0.124. The maximum Gasteiger partial charge on any atom is 0.251 e. The molecule has 0 spiro atoms. The van der Waals surface area contributed by atoms with Crippen LogP contribution in [0.2, 0.25) is 0 Å². The van der Waals surface area contributed by atoms with Gasteiger partial charge in [-0.3, -0.25) is 9.59 Å². The first-order valence-electron chi connectivity index (χ1n) is 10.1. The van der Waals surface area contributed by atoms with E-state index < -0.39 is 0 Å². The molecular formula is C21H30N2O4. The van der Waals surface area contributed by atoms with E-state index in [0.29, 0.717) is 30.2 Å². The molecule has 2 amide bonds. The second-order valence-electron chi connectivity index (χ2n) is 7.42. The largest absolute Gasteiger partial charge is 0.493 e. The first kappa shape index (κ1) is 19.5. The van der Waals surface area contributed by atoms with Gasteiger partial charge in [-0.1, -0.05) is 12.8 Å². The minimum Gasteiger partial charge on any atom is -0.493 e. The Balaban J connectivity index is 1.46. The molecule has 148 valence electrons. The van der Waals surface area contributed by atoms with E-state index in [-0.39, 0.29) is 23.8 Å². The van der Waals surface area contributed by atoms with E-state index in [1.807, 2.05) is 0 Å². The first-order valence-corrected chi connectivity index (χ1v) is 10.1. The maximum absolute atomic E-state index is 12.3. The summed E-state index contributed by atoms with van der Waals surface area (Å²) in [6.07, 6.45) is 9.00. The molecule has 0 aliphatic heterocycles. The fourth-order valence-electron chi connectivity index (χ4n) is 3.89. The summed E-state index contributed by atoms with van der Waals surface area (Å²) in [7, 11) is 1.58. The number of hydrogen-bond donors (Lipinski definition) is 2. The van der Waals surface area contributed by atoms with Crippen molar-refractivity contribution >= 4 is 11.8 Å². The molecule has 1 aromatic carbocycles. The van der Waals surface area contributed by atoms with Crippen molar-refractivity contribution in [3.05, 3.63) is 23.8 Å². The Morgan fingerprint density at radius 3 is 2.33 bits per heavy atom. The number of hydrogen-bond acceptors (Lipinski definition) is 4. The Bertz CT molecular complexity index is 650. The van der Waals surface area contributed by atoms with Crippen molar-refractivity contribution in [3.8, 4) is 11.5 Å². The van der Waals surface area contributed by atoms with Crippen LogP contribution in [-0.4, -0.2) is 38.1 Å². The van der Waals surface area contributed by atoms with Gasteiger partial charge in [-0.05, 0) is 56.7 Å². The van der Waals surface area contributed by atoms with Gasteiger partial charge in [-0.25, -0.2) is 0 Å². The van der Waals surface area contributed by atoms with Crippen LogP contribution < -0.4 is 20.1 Å². The molecule has 2 N–H and O–H groups in total. The Hall–Kier alpha value is -2.24. The van der Waals surface area contributed by atoms with E-state index in [1.165, 1.54) is 12.8 Å². The first-order chi connectivity index (χ1) is 13.2. The maximum atomic E-state index is 12.3. The van der Waals surface area contributed by atoms with Crippen molar-refractivity contribution in [3.63, 3.8) is 0 Å². The van der Waals surface area contributed by atoms with Crippen LogP contribution in [-0.2, 0) is 4.79 Å². The highest BCUT2D eigenvalue weighted by molar-refractivity contribution is 5.94. The van der Waals surface area contributed by atoms with Gasteiger partial charge in [0, 0.05) is 24.6 Å². The number of carbonyl (C=O) groups is 2. The molecule has 0 aromatic heterocycles. The zero-order valence-corrected chi connectivity index (χ0v) is 16.1. The Morgan fingerprint density at radius 2 is 1.63 bits per heavy atom. The summed E-state index contributed by atoms with van der Waals surface area (Å²) < 4.78 is 11.4. The molecule has 1 aromatic rings. The van der Waals surface area contributed by atoms with E-state index in [1.54, 1.807) is 25.3 Å². The summed E-state index contributed by atoms with van der Waals surface area (Å²) in [6, 6.07) is 5.25. The van der Waals surface area contributed by atoms with Gasteiger partial charge in [0.05, 0.1) is 13.2 Å². The van der Waals surface area contributed by atoms with Gasteiger partial charge in [-0.15, -0.1) is 0 Å². The quantitative estimate of drug-likeness (QED) is 0.686. The molecule has 2 aliphatic carbocycles. The van der Waals surface area contributed by atoms with Gasteiger partial charge < -0.3 is 20.1 Å². The van der Waals surface area contributed by atoms with Crippen LogP contribution >= 0.6 is 0 Å². The van der Waals surface area contributed by atoms with Gasteiger partial charge in [0.1, 0.15) is 0 Å². The van der Waals surface area contributed by atoms with Crippen LogP contribution in [0.3, 0.4) is 0 Å². The zero-order chi connectivity index (χ0) is 19.1. The number of rotatable bonds is 8. The van der Waals surface area contributed by atoms with Crippen molar-refractivity contribution in [1.29, 1.82) is 0 Å². The molecule has 6 nitrogen and oxygen atoms in total. The third kappa shape index (κ3) is 5.37. The molecular weight excluding hydrogens is 344 g/mol. The van der Waals surface area contributed by atoms with Crippen LogP contribution in [0.5, 0.6) is 11.5 Å². The fraction of sp³-hybridized carbons (Fsp3) is 0.619. The molecule has 0 radical (unpaired) electrons. The summed E-state index contributed by atoms with van der Waals surface area (Å²) >= 11 is 0. The van der Waals surface area contributed by atoms with Crippen molar-refractivity contribution in [1.82, 2.24) is 10.6 Å². The molecule has 27 heavy (non-hydrogen) atoms. The standard InChI is InChI=1S/C21H30N2O4/c1-26-19-14-16(10-11-18(19)27-17-8-4-5-9-17)21(25)23-13-12-22-20(24)15-6-2-3-7-15/h10-11,14-15,17H,2-9,12-13H2,1H3,(H,22,24)(H,23,25). The summed E-state index contributed by atoms with van der Waals surface area (Å²) in [5, 5.41) is 5.74. The highest BCUT2D eigenvalue weighted by atomic mass is 16.5. The van der Waals surface area contributed by atoms with Gasteiger partial charge in [0.25, 0.3) is 5.91 Å². The van der Waals surface area contributed by atoms with Crippen LogP contribution in [0, 0.1) is 5.92 Å². The Labute approximate surface area is 161 Å². The fourth-order valence-corrected chi connectivity index (χ4v) is 3.89.